The number of hydrogen-bond donors (Lipinski definition) is 1. The maximum Gasteiger partial charge on any atom is 0.221 e. The number of hydrogen-bond acceptors (Lipinski definition) is 5. The Morgan fingerprint density at radius 1 is 0.962 bits per heavy atom. The second kappa shape index (κ2) is 8.04. The zero-order valence-electron chi connectivity index (χ0n) is 15.4. The van der Waals surface area contributed by atoms with Gasteiger partial charge in [0.05, 0.1) is 0 Å². The average molecular weight is 351 g/mol. The predicted octanol–water partition coefficient (Wildman–Crippen LogP) is 2.84. The van der Waals surface area contributed by atoms with Crippen molar-refractivity contribution in [1.29, 1.82) is 0 Å². The van der Waals surface area contributed by atoms with Crippen LogP contribution < -0.4 is 10.6 Å². The van der Waals surface area contributed by atoms with Gasteiger partial charge >= 0.3 is 0 Å². The maximum absolute atomic E-state index is 5.72. The van der Waals surface area contributed by atoms with Crippen molar-refractivity contribution in [1.82, 2.24) is 14.9 Å². The number of benzene rings is 1. The van der Waals surface area contributed by atoms with Gasteiger partial charge in [0.1, 0.15) is 5.82 Å². The summed E-state index contributed by atoms with van der Waals surface area (Å²) in [5.74, 6) is 3.07. The lowest BCUT2D eigenvalue weighted by Gasteiger charge is -2.35. The third kappa shape index (κ3) is 4.15. The second-order valence-electron chi connectivity index (χ2n) is 7.68. The Hall–Kier alpha value is -2.14. The van der Waals surface area contributed by atoms with Crippen LogP contribution in [-0.4, -0.2) is 47.6 Å². The summed E-state index contributed by atoms with van der Waals surface area (Å²) < 4.78 is 0. The molecule has 1 unspecified atom stereocenters. The van der Waals surface area contributed by atoms with Crippen molar-refractivity contribution in [2.45, 2.75) is 25.7 Å². The molecule has 5 heteroatoms. The first-order chi connectivity index (χ1) is 12.8. The molecule has 138 valence electrons. The summed E-state index contributed by atoms with van der Waals surface area (Å²) in [5, 5.41) is 0. The SMILES string of the molecule is Nc1nccc(N2CCC(C3CCN(CCc4ccccc4)C3)CC2)n1. The lowest BCUT2D eigenvalue weighted by molar-refractivity contribution is 0.257. The molecule has 5 nitrogen and oxygen atoms in total. The highest BCUT2D eigenvalue weighted by atomic mass is 15.2. The summed E-state index contributed by atoms with van der Waals surface area (Å²) in [4.78, 5) is 13.4. The highest BCUT2D eigenvalue weighted by Gasteiger charge is 2.31. The number of nitrogen functional groups attached to an aromatic ring is 1. The van der Waals surface area contributed by atoms with Gasteiger partial charge < -0.3 is 15.5 Å². The van der Waals surface area contributed by atoms with Gasteiger partial charge in [0.2, 0.25) is 5.95 Å². The van der Waals surface area contributed by atoms with Crippen molar-refractivity contribution < 1.29 is 0 Å². The Kier molecular flexibility index (Phi) is 5.34. The van der Waals surface area contributed by atoms with Crippen molar-refractivity contribution in [2.75, 3.05) is 43.4 Å². The van der Waals surface area contributed by atoms with E-state index >= 15 is 0 Å². The topological polar surface area (TPSA) is 58.3 Å². The van der Waals surface area contributed by atoms with Gasteiger partial charge in [-0.05, 0) is 55.7 Å². The molecule has 2 fully saturated rings. The van der Waals surface area contributed by atoms with E-state index in [-0.39, 0.29) is 0 Å². The van der Waals surface area contributed by atoms with Gasteiger partial charge in [-0.2, -0.15) is 4.98 Å². The van der Waals surface area contributed by atoms with Crippen molar-refractivity contribution in [3.63, 3.8) is 0 Å². The van der Waals surface area contributed by atoms with Crippen LogP contribution in [0.3, 0.4) is 0 Å². The first-order valence-electron chi connectivity index (χ1n) is 9.88. The summed E-state index contributed by atoms with van der Waals surface area (Å²) in [7, 11) is 0. The third-order valence-corrected chi connectivity index (χ3v) is 6.06. The Bertz CT molecular complexity index is 697. The number of anilines is 2. The maximum atomic E-state index is 5.72. The third-order valence-electron chi connectivity index (χ3n) is 6.06. The normalized spacial score (nSPS) is 22.0. The zero-order chi connectivity index (χ0) is 17.8. The number of likely N-dealkylation sites (tertiary alicyclic amines) is 1. The van der Waals surface area contributed by atoms with E-state index in [9.17, 15) is 0 Å². The second-order valence-corrected chi connectivity index (χ2v) is 7.68. The van der Waals surface area contributed by atoms with E-state index in [1.165, 1.54) is 50.9 Å². The molecule has 0 spiro atoms. The molecular weight excluding hydrogens is 322 g/mol. The summed E-state index contributed by atoms with van der Waals surface area (Å²) in [6.07, 6.45) is 6.81. The quantitative estimate of drug-likeness (QED) is 0.898. The van der Waals surface area contributed by atoms with Crippen LogP contribution in [0.5, 0.6) is 0 Å². The number of nitrogens with zero attached hydrogens (tertiary/aromatic N) is 4. The van der Waals surface area contributed by atoms with Crippen LogP contribution in [0.4, 0.5) is 11.8 Å². The zero-order valence-corrected chi connectivity index (χ0v) is 15.4. The minimum Gasteiger partial charge on any atom is -0.368 e. The van der Waals surface area contributed by atoms with E-state index in [2.05, 4.69) is 50.1 Å². The summed E-state index contributed by atoms with van der Waals surface area (Å²) in [6.45, 7) is 5.90. The average Bonchev–Trinajstić information content (AvgIpc) is 3.16. The monoisotopic (exact) mass is 351 g/mol. The van der Waals surface area contributed by atoms with Gasteiger partial charge in [-0.3, -0.25) is 0 Å². The van der Waals surface area contributed by atoms with E-state index < -0.39 is 0 Å². The summed E-state index contributed by atoms with van der Waals surface area (Å²) in [5.41, 5.74) is 7.18. The highest BCUT2D eigenvalue weighted by molar-refractivity contribution is 5.41. The van der Waals surface area contributed by atoms with Crippen molar-refractivity contribution in [3.05, 3.63) is 48.2 Å². The molecule has 4 rings (SSSR count). The number of aromatic nitrogens is 2. The van der Waals surface area contributed by atoms with E-state index in [1.54, 1.807) is 6.20 Å². The van der Waals surface area contributed by atoms with Crippen molar-refractivity contribution in [3.8, 4) is 0 Å². The molecule has 0 amide bonds. The fourth-order valence-corrected chi connectivity index (χ4v) is 4.52. The van der Waals surface area contributed by atoms with Crippen LogP contribution in [-0.2, 0) is 6.42 Å². The largest absolute Gasteiger partial charge is 0.368 e. The molecule has 1 aromatic carbocycles. The number of nitrogens with two attached hydrogens (primary N) is 1. The Morgan fingerprint density at radius 3 is 2.50 bits per heavy atom. The smallest absolute Gasteiger partial charge is 0.221 e. The molecule has 1 atom stereocenters. The summed E-state index contributed by atoms with van der Waals surface area (Å²) in [6, 6.07) is 12.8. The van der Waals surface area contributed by atoms with Crippen LogP contribution in [0.2, 0.25) is 0 Å². The van der Waals surface area contributed by atoms with Gasteiger partial charge in [0.25, 0.3) is 0 Å². The molecule has 2 saturated heterocycles. The molecule has 0 saturated carbocycles. The van der Waals surface area contributed by atoms with Crippen molar-refractivity contribution >= 4 is 11.8 Å². The first-order valence-corrected chi connectivity index (χ1v) is 9.88. The van der Waals surface area contributed by atoms with Gasteiger partial charge in [0, 0.05) is 32.4 Å². The minimum atomic E-state index is 0.370. The van der Waals surface area contributed by atoms with Crippen LogP contribution >= 0.6 is 0 Å². The molecule has 2 aliphatic rings. The Balaban J connectivity index is 1.24. The van der Waals surface area contributed by atoms with E-state index in [4.69, 9.17) is 5.73 Å². The molecule has 2 aromatic rings. The Morgan fingerprint density at radius 2 is 1.73 bits per heavy atom. The molecule has 3 heterocycles. The van der Waals surface area contributed by atoms with Gasteiger partial charge in [-0.15, -0.1) is 0 Å². The summed E-state index contributed by atoms with van der Waals surface area (Å²) >= 11 is 0. The lowest BCUT2D eigenvalue weighted by Crippen LogP contribution is -2.37. The molecule has 0 bridgehead atoms. The fraction of sp³-hybridized carbons (Fsp3) is 0.524. The van der Waals surface area contributed by atoms with E-state index in [0.29, 0.717) is 5.95 Å². The molecule has 26 heavy (non-hydrogen) atoms. The molecule has 2 aliphatic heterocycles. The molecule has 0 radical (unpaired) electrons. The molecular formula is C21H29N5. The van der Waals surface area contributed by atoms with Crippen LogP contribution in [0.25, 0.3) is 0 Å². The van der Waals surface area contributed by atoms with Crippen LogP contribution in [0.1, 0.15) is 24.8 Å². The first kappa shape index (κ1) is 17.3. The standard InChI is InChI=1S/C21H29N5/c22-21-23-11-6-20(24-21)26-14-9-18(10-15-26)19-8-13-25(16-19)12-7-17-4-2-1-3-5-17/h1-6,11,18-19H,7-10,12-16H2,(H2,22,23,24). The van der Waals surface area contributed by atoms with E-state index in [1.807, 2.05) is 6.07 Å². The lowest BCUT2D eigenvalue weighted by atomic mass is 9.84. The van der Waals surface area contributed by atoms with Gasteiger partial charge in [0.15, 0.2) is 0 Å². The highest BCUT2D eigenvalue weighted by Crippen LogP contribution is 2.33. The number of piperidine rings is 1. The predicted molar refractivity (Wildman–Crippen MR) is 106 cm³/mol. The molecule has 1 aromatic heterocycles. The van der Waals surface area contributed by atoms with E-state index in [0.717, 1.165) is 30.7 Å². The number of rotatable bonds is 5. The molecule has 2 N–H and O–H groups in total. The van der Waals surface area contributed by atoms with Gasteiger partial charge in [-0.25, -0.2) is 4.98 Å². The Labute approximate surface area is 156 Å². The van der Waals surface area contributed by atoms with Crippen molar-refractivity contribution in [2.24, 2.45) is 11.8 Å². The molecule has 0 aliphatic carbocycles. The van der Waals surface area contributed by atoms with Crippen LogP contribution in [0, 0.1) is 11.8 Å². The minimum absolute atomic E-state index is 0.370. The fourth-order valence-electron chi connectivity index (χ4n) is 4.52. The van der Waals surface area contributed by atoms with Crippen LogP contribution in [0.15, 0.2) is 42.6 Å². The van der Waals surface area contributed by atoms with Gasteiger partial charge in [-0.1, -0.05) is 30.3 Å².